The minimum atomic E-state index is -0.684. The van der Waals surface area contributed by atoms with Crippen LogP contribution in [0.5, 0.6) is 0 Å². The summed E-state index contributed by atoms with van der Waals surface area (Å²) in [6.45, 7) is -0.425. The highest BCUT2D eigenvalue weighted by molar-refractivity contribution is 7.20. The van der Waals surface area contributed by atoms with E-state index >= 15 is 0 Å². The topological polar surface area (TPSA) is 59.0 Å². The number of carbonyl (C=O) groups excluding carboxylic acids is 2. The number of nitrogens with zero attached hydrogens (tertiary/aromatic N) is 2. The number of thiophene rings is 3. The molecule has 0 bridgehead atoms. The fourth-order valence-electron chi connectivity index (χ4n) is 2.78. The van der Waals surface area contributed by atoms with Gasteiger partial charge in [-0.05, 0) is 29.0 Å². The molecule has 0 fully saturated rings. The van der Waals surface area contributed by atoms with Crippen LogP contribution in [0.3, 0.4) is 0 Å². The summed E-state index contributed by atoms with van der Waals surface area (Å²) in [7, 11) is 0. The number of amides is 1. The molecule has 0 spiro atoms. The Hall–Kier alpha value is -1.71. The molecular weight excluding hydrogens is 459 g/mol. The molecule has 0 aromatic carbocycles. The summed E-state index contributed by atoms with van der Waals surface area (Å²) >= 11 is 16.0. The average molecular weight is 471 g/mol. The van der Waals surface area contributed by atoms with E-state index in [0.717, 1.165) is 26.8 Å². The van der Waals surface area contributed by atoms with Gasteiger partial charge in [0.1, 0.15) is 4.34 Å². The second-order valence-electron chi connectivity index (χ2n) is 5.81. The van der Waals surface area contributed by atoms with Gasteiger partial charge in [-0.3, -0.25) is 4.79 Å². The first-order valence-electron chi connectivity index (χ1n) is 8.11. The Labute approximate surface area is 182 Å². The molecule has 1 aliphatic heterocycles. The Morgan fingerprint density at radius 2 is 2.00 bits per heavy atom. The van der Waals surface area contributed by atoms with Crippen LogP contribution in [-0.4, -0.2) is 29.2 Å². The standard InChI is InChI=1S/C18H12Cl2N2O3S3/c19-15-7-10(17(20)28-15)18(24)25-9-16(23)22-12(14-4-2-6-27-14)8-11(21-22)13-3-1-5-26-13/h1-7,12H,8-9H2. The fraction of sp³-hybridized carbons (Fsp3) is 0.167. The fourth-order valence-corrected chi connectivity index (χ4v) is 5.76. The molecule has 1 atom stereocenters. The summed E-state index contributed by atoms with van der Waals surface area (Å²) in [6, 6.07) is 9.06. The van der Waals surface area contributed by atoms with Gasteiger partial charge in [0, 0.05) is 11.3 Å². The molecule has 3 aromatic rings. The monoisotopic (exact) mass is 470 g/mol. The van der Waals surface area contributed by atoms with Crippen LogP contribution in [0.4, 0.5) is 0 Å². The van der Waals surface area contributed by atoms with Crippen molar-refractivity contribution in [3.05, 3.63) is 65.1 Å². The molecule has 144 valence electrons. The summed E-state index contributed by atoms with van der Waals surface area (Å²) in [5.74, 6) is -1.08. The number of hydrazone groups is 1. The lowest BCUT2D eigenvalue weighted by atomic mass is 10.1. The minimum absolute atomic E-state index is 0.156. The second kappa shape index (κ2) is 8.34. The predicted molar refractivity (Wildman–Crippen MR) is 114 cm³/mol. The Balaban J connectivity index is 1.50. The van der Waals surface area contributed by atoms with Crippen molar-refractivity contribution >= 4 is 74.8 Å². The van der Waals surface area contributed by atoms with Gasteiger partial charge >= 0.3 is 5.97 Å². The lowest BCUT2D eigenvalue weighted by Crippen LogP contribution is -2.31. The molecule has 4 rings (SSSR count). The third-order valence-corrected chi connectivity index (χ3v) is 7.43. The third-order valence-electron chi connectivity index (χ3n) is 4.05. The third kappa shape index (κ3) is 4.01. The van der Waals surface area contributed by atoms with E-state index < -0.39 is 18.5 Å². The van der Waals surface area contributed by atoms with Gasteiger partial charge in [-0.2, -0.15) is 5.10 Å². The van der Waals surface area contributed by atoms with Gasteiger partial charge in [-0.25, -0.2) is 9.80 Å². The van der Waals surface area contributed by atoms with Crippen molar-refractivity contribution in [2.24, 2.45) is 5.10 Å². The van der Waals surface area contributed by atoms with Crippen molar-refractivity contribution in [1.29, 1.82) is 0 Å². The van der Waals surface area contributed by atoms with Crippen molar-refractivity contribution in [2.75, 3.05) is 6.61 Å². The number of esters is 1. The quantitative estimate of drug-likeness (QED) is 0.448. The van der Waals surface area contributed by atoms with Crippen molar-refractivity contribution in [3.8, 4) is 0 Å². The molecule has 0 saturated carbocycles. The molecule has 5 nitrogen and oxygen atoms in total. The van der Waals surface area contributed by atoms with Crippen molar-refractivity contribution < 1.29 is 14.3 Å². The Morgan fingerprint density at radius 1 is 1.21 bits per heavy atom. The van der Waals surface area contributed by atoms with Gasteiger partial charge in [-0.1, -0.05) is 35.3 Å². The average Bonchev–Trinajstić information content (AvgIpc) is 3.44. The van der Waals surface area contributed by atoms with Gasteiger partial charge in [0.05, 0.1) is 26.5 Å². The van der Waals surface area contributed by atoms with Gasteiger partial charge in [-0.15, -0.1) is 34.0 Å². The highest BCUT2D eigenvalue weighted by Gasteiger charge is 2.34. The zero-order valence-electron chi connectivity index (χ0n) is 14.1. The van der Waals surface area contributed by atoms with Crippen LogP contribution in [0.1, 0.15) is 32.6 Å². The maximum Gasteiger partial charge on any atom is 0.341 e. The van der Waals surface area contributed by atoms with E-state index in [2.05, 4.69) is 5.10 Å². The zero-order chi connectivity index (χ0) is 19.7. The molecule has 4 heterocycles. The molecule has 0 aliphatic carbocycles. The zero-order valence-corrected chi connectivity index (χ0v) is 18.1. The number of hydrogen-bond acceptors (Lipinski definition) is 7. The van der Waals surface area contributed by atoms with Crippen LogP contribution in [-0.2, 0) is 9.53 Å². The lowest BCUT2D eigenvalue weighted by molar-refractivity contribution is -0.136. The smallest absolute Gasteiger partial charge is 0.341 e. The molecular formula is C18H12Cl2N2O3S3. The molecule has 1 aliphatic rings. The highest BCUT2D eigenvalue weighted by Crippen LogP contribution is 2.36. The van der Waals surface area contributed by atoms with Crippen LogP contribution < -0.4 is 0 Å². The lowest BCUT2D eigenvalue weighted by Gasteiger charge is -2.20. The highest BCUT2D eigenvalue weighted by atomic mass is 35.5. The predicted octanol–water partition coefficient (Wildman–Crippen LogP) is 5.71. The number of hydrogen-bond donors (Lipinski definition) is 0. The Bertz CT molecular complexity index is 1030. The van der Waals surface area contributed by atoms with E-state index in [1.54, 1.807) is 22.7 Å². The van der Waals surface area contributed by atoms with E-state index in [0.29, 0.717) is 10.8 Å². The van der Waals surface area contributed by atoms with Crippen molar-refractivity contribution in [1.82, 2.24) is 5.01 Å². The van der Waals surface area contributed by atoms with Crippen molar-refractivity contribution in [2.45, 2.75) is 12.5 Å². The van der Waals surface area contributed by atoms with E-state index in [9.17, 15) is 9.59 Å². The summed E-state index contributed by atoms with van der Waals surface area (Å²) in [6.07, 6.45) is 0.618. The molecule has 1 unspecified atom stereocenters. The first kappa shape index (κ1) is 19.6. The molecule has 0 radical (unpaired) electrons. The Morgan fingerprint density at radius 3 is 2.64 bits per heavy atom. The van der Waals surface area contributed by atoms with Crippen LogP contribution in [0.2, 0.25) is 8.67 Å². The molecule has 0 saturated heterocycles. The summed E-state index contributed by atoms with van der Waals surface area (Å²) in [5, 5.41) is 9.87. The van der Waals surface area contributed by atoms with Gasteiger partial charge in [0.15, 0.2) is 6.61 Å². The number of halogens is 2. The molecule has 1 amide bonds. The van der Waals surface area contributed by atoms with E-state index in [1.807, 2.05) is 35.0 Å². The van der Waals surface area contributed by atoms with E-state index in [4.69, 9.17) is 27.9 Å². The largest absolute Gasteiger partial charge is 0.452 e. The van der Waals surface area contributed by atoms with E-state index in [1.165, 1.54) is 11.1 Å². The van der Waals surface area contributed by atoms with Gasteiger partial charge in [0.25, 0.3) is 5.91 Å². The number of carbonyl (C=O) groups is 2. The summed E-state index contributed by atoms with van der Waals surface area (Å²) in [4.78, 5) is 27.0. The first-order valence-corrected chi connectivity index (χ1v) is 11.4. The van der Waals surface area contributed by atoms with Crippen LogP contribution in [0.15, 0.2) is 46.2 Å². The second-order valence-corrected chi connectivity index (χ2v) is 10.0. The Kier molecular flexibility index (Phi) is 5.84. The number of ether oxygens (including phenoxy) is 1. The van der Waals surface area contributed by atoms with E-state index in [-0.39, 0.29) is 15.9 Å². The van der Waals surface area contributed by atoms with Gasteiger partial charge in [0.2, 0.25) is 0 Å². The normalized spacial score (nSPS) is 16.3. The number of rotatable bonds is 5. The maximum atomic E-state index is 12.8. The molecule has 10 heteroatoms. The van der Waals surface area contributed by atoms with Gasteiger partial charge < -0.3 is 4.74 Å². The molecule has 28 heavy (non-hydrogen) atoms. The molecule has 3 aromatic heterocycles. The SMILES string of the molecule is O=C(OCC(=O)N1N=C(c2cccs2)CC1c1cccs1)c1cc(Cl)sc1Cl. The van der Waals surface area contributed by atoms with Crippen LogP contribution >= 0.6 is 57.2 Å². The minimum Gasteiger partial charge on any atom is -0.452 e. The summed E-state index contributed by atoms with van der Waals surface area (Å²) < 4.78 is 5.77. The van der Waals surface area contributed by atoms with Crippen LogP contribution in [0.25, 0.3) is 0 Å². The molecule has 0 N–H and O–H groups in total. The van der Waals surface area contributed by atoms with Crippen LogP contribution in [0, 0.1) is 0 Å². The maximum absolute atomic E-state index is 12.8. The first-order chi connectivity index (χ1) is 13.5. The summed E-state index contributed by atoms with van der Waals surface area (Å²) in [5.41, 5.74) is 1.00. The van der Waals surface area contributed by atoms with Crippen molar-refractivity contribution in [3.63, 3.8) is 0 Å².